The number of nitrogens with zero attached hydrogens (tertiary/aromatic N) is 3. The molecule has 0 aliphatic heterocycles. The van der Waals surface area contributed by atoms with Gasteiger partial charge in [0.05, 0.1) is 16.9 Å². The third-order valence-electron chi connectivity index (χ3n) is 6.37. The van der Waals surface area contributed by atoms with Crippen molar-refractivity contribution < 1.29 is 4.42 Å². The SMILES string of the molecule is O=c1oc2ccccc2cc1-c1nn(-c2ccccc2)cc1C=Nc1cccc2c1CCCC2. The van der Waals surface area contributed by atoms with Gasteiger partial charge in [-0.3, -0.25) is 4.99 Å². The smallest absolute Gasteiger partial charge is 0.345 e. The van der Waals surface area contributed by atoms with Crippen LogP contribution in [0.25, 0.3) is 27.9 Å². The second-order valence-electron chi connectivity index (χ2n) is 8.58. The number of aliphatic imine (C=N–C) groups is 1. The molecule has 0 amide bonds. The first-order chi connectivity index (χ1) is 16.8. The average molecular weight is 446 g/mol. The summed E-state index contributed by atoms with van der Waals surface area (Å²) in [5.74, 6) is 0. The molecule has 5 aromatic rings. The fourth-order valence-corrected chi connectivity index (χ4v) is 4.65. The highest BCUT2D eigenvalue weighted by molar-refractivity contribution is 5.92. The molecule has 0 bridgehead atoms. The number of fused-ring (bicyclic) bond motifs is 2. The first kappa shape index (κ1) is 20.4. The topological polar surface area (TPSA) is 60.4 Å². The fourth-order valence-electron chi connectivity index (χ4n) is 4.65. The largest absolute Gasteiger partial charge is 0.422 e. The summed E-state index contributed by atoms with van der Waals surface area (Å²) in [6, 6.07) is 25.5. The van der Waals surface area contributed by atoms with Gasteiger partial charge in [0.15, 0.2) is 0 Å². The van der Waals surface area contributed by atoms with Crippen molar-refractivity contribution in [2.24, 2.45) is 4.99 Å². The van der Waals surface area contributed by atoms with Gasteiger partial charge >= 0.3 is 5.63 Å². The van der Waals surface area contributed by atoms with E-state index in [0.29, 0.717) is 16.8 Å². The zero-order chi connectivity index (χ0) is 22.9. The highest BCUT2D eigenvalue weighted by atomic mass is 16.4. The van der Waals surface area contributed by atoms with Crippen molar-refractivity contribution in [3.05, 3.63) is 112 Å². The van der Waals surface area contributed by atoms with Crippen LogP contribution in [0.1, 0.15) is 29.5 Å². The summed E-state index contributed by atoms with van der Waals surface area (Å²) in [6.45, 7) is 0. The standard InChI is InChI=1S/C29H23N3O2/c33-29-25(17-21-10-5-7-16-27(21)34-29)28-22(19-32(31-28)23-12-2-1-3-13-23)18-30-26-15-8-11-20-9-4-6-14-24(20)26/h1-3,5,7-8,10-13,15-19H,4,6,9,14H2. The van der Waals surface area contributed by atoms with Gasteiger partial charge in [0, 0.05) is 23.4 Å². The second-order valence-corrected chi connectivity index (χ2v) is 8.58. The number of aromatic nitrogens is 2. The lowest BCUT2D eigenvalue weighted by Crippen LogP contribution is -2.05. The molecule has 0 saturated heterocycles. The molecule has 0 saturated carbocycles. The summed E-state index contributed by atoms with van der Waals surface area (Å²) in [6.07, 6.45) is 8.31. The van der Waals surface area contributed by atoms with Crippen molar-refractivity contribution in [2.45, 2.75) is 25.7 Å². The predicted molar refractivity (Wildman–Crippen MR) is 135 cm³/mol. The maximum atomic E-state index is 12.9. The number of aryl methyl sites for hydroxylation is 1. The molecule has 0 fully saturated rings. The quantitative estimate of drug-likeness (QED) is 0.242. The van der Waals surface area contributed by atoms with Gasteiger partial charge in [0.25, 0.3) is 0 Å². The van der Waals surface area contributed by atoms with E-state index in [2.05, 4.69) is 18.2 Å². The summed E-state index contributed by atoms with van der Waals surface area (Å²) < 4.78 is 7.39. The number of benzene rings is 3. The molecule has 0 unspecified atom stereocenters. The minimum atomic E-state index is -0.413. The second kappa shape index (κ2) is 8.60. The van der Waals surface area contributed by atoms with E-state index in [0.717, 1.165) is 35.2 Å². The first-order valence-corrected chi connectivity index (χ1v) is 11.6. The molecule has 1 aliphatic rings. The molecule has 0 radical (unpaired) electrons. The summed E-state index contributed by atoms with van der Waals surface area (Å²) >= 11 is 0. The molecule has 0 atom stereocenters. The minimum absolute atomic E-state index is 0.413. The monoisotopic (exact) mass is 445 g/mol. The van der Waals surface area contributed by atoms with Crippen molar-refractivity contribution in [2.75, 3.05) is 0 Å². The summed E-state index contributed by atoms with van der Waals surface area (Å²) in [4.78, 5) is 17.8. The van der Waals surface area contributed by atoms with Crippen molar-refractivity contribution in [3.8, 4) is 16.9 Å². The molecule has 3 aromatic carbocycles. The van der Waals surface area contributed by atoms with E-state index in [1.54, 1.807) is 10.7 Å². The Hall–Kier alpha value is -4.25. The van der Waals surface area contributed by atoms with Gasteiger partial charge in [0.2, 0.25) is 0 Å². The van der Waals surface area contributed by atoms with E-state index < -0.39 is 5.63 Å². The fraction of sp³-hybridized carbons (Fsp3) is 0.138. The molecule has 0 spiro atoms. The van der Waals surface area contributed by atoms with Crippen LogP contribution in [0, 0.1) is 0 Å². The van der Waals surface area contributed by atoms with Crippen molar-refractivity contribution in [1.82, 2.24) is 9.78 Å². The lowest BCUT2D eigenvalue weighted by molar-refractivity contribution is 0.563. The van der Waals surface area contributed by atoms with Crippen LogP contribution in [0.4, 0.5) is 5.69 Å². The highest BCUT2D eigenvalue weighted by Gasteiger charge is 2.17. The van der Waals surface area contributed by atoms with E-state index in [1.807, 2.05) is 67.0 Å². The highest BCUT2D eigenvalue weighted by Crippen LogP contribution is 2.30. The lowest BCUT2D eigenvalue weighted by atomic mass is 9.90. The van der Waals surface area contributed by atoms with Crippen LogP contribution in [0.5, 0.6) is 0 Å². The normalized spacial score (nSPS) is 13.4. The van der Waals surface area contributed by atoms with Crippen molar-refractivity contribution >= 4 is 22.9 Å². The zero-order valence-electron chi connectivity index (χ0n) is 18.6. The molecule has 0 N–H and O–H groups in total. The van der Waals surface area contributed by atoms with Gasteiger partial charge in [0.1, 0.15) is 11.3 Å². The van der Waals surface area contributed by atoms with Crippen LogP contribution in [-0.2, 0) is 12.8 Å². The molecule has 1 aliphatic carbocycles. The Morgan fingerprint density at radius 1 is 0.912 bits per heavy atom. The molecule has 2 aromatic heterocycles. The summed E-state index contributed by atoms with van der Waals surface area (Å²) in [7, 11) is 0. The van der Waals surface area contributed by atoms with E-state index in [1.165, 1.54) is 24.0 Å². The molecular formula is C29H23N3O2. The van der Waals surface area contributed by atoms with E-state index in [9.17, 15) is 4.79 Å². The summed E-state index contributed by atoms with van der Waals surface area (Å²) in [5, 5.41) is 5.64. The predicted octanol–water partition coefficient (Wildman–Crippen LogP) is 6.28. The number of rotatable bonds is 4. The minimum Gasteiger partial charge on any atom is -0.422 e. The summed E-state index contributed by atoms with van der Waals surface area (Å²) in [5.41, 5.74) is 6.49. The van der Waals surface area contributed by atoms with E-state index in [4.69, 9.17) is 14.5 Å². The van der Waals surface area contributed by atoms with E-state index >= 15 is 0 Å². The Balaban J connectivity index is 1.50. The van der Waals surface area contributed by atoms with Crippen molar-refractivity contribution in [3.63, 3.8) is 0 Å². The van der Waals surface area contributed by atoms with Crippen LogP contribution < -0.4 is 5.63 Å². The van der Waals surface area contributed by atoms with Gasteiger partial charge in [-0.25, -0.2) is 9.48 Å². The zero-order valence-corrected chi connectivity index (χ0v) is 18.6. The number of hydrogen-bond donors (Lipinski definition) is 0. The molecular weight excluding hydrogens is 422 g/mol. The van der Waals surface area contributed by atoms with Gasteiger partial charge in [-0.2, -0.15) is 5.10 Å². The number of para-hydroxylation sites is 2. The van der Waals surface area contributed by atoms with E-state index in [-0.39, 0.29) is 0 Å². The molecule has 2 heterocycles. The Labute approximate surface area is 197 Å². The Morgan fingerprint density at radius 2 is 1.74 bits per heavy atom. The Kier molecular flexibility index (Phi) is 5.15. The Morgan fingerprint density at radius 3 is 2.65 bits per heavy atom. The maximum absolute atomic E-state index is 12.9. The van der Waals surface area contributed by atoms with Gasteiger partial charge < -0.3 is 4.42 Å². The number of hydrogen-bond acceptors (Lipinski definition) is 4. The Bertz CT molecular complexity index is 1580. The van der Waals surface area contributed by atoms with Gasteiger partial charge in [-0.15, -0.1) is 0 Å². The average Bonchev–Trinajstić information content (AvgIpc) is 3.31. The molecule has 5 heteroatoms. The molecule has 166 valence electrons. The first-order valence-electron chi connectivity index (χ1n) is 11.6. The molecule has 34 heavy (non-hydrogen) atoms. The third-order valence-corrected chi connectivity index (χ3v) is 6.37. The molecule has 5 nitrogen and oxygen atoms in total. The molecule has 6 rings (SSSR count). The van der Waals surface area contributed by atoms with Crippen LogP contribution in [-0.4, -0.2) is 16.0 Å². The van der Waals surface area contributed by atoms with Crippen LogP contribution >= 0.6 is 0 Å². The van der Waals surface area contributed by atoms with Crippen LogP contribution in [0.3, 0.4) is 0 Å². The lowest BCUT2D eigenvalue weighted by Gasteiger charge is -2.16. The van der Waals surface area contributed by atoms with Crippen LogP contribution in [0.2, 0.25) is 0 Å². The van der Waals surface area contributed by atoms with Crippen LogP contribution in [0.15, 0.2) is 99.3 Å². The van der Waals surface area contributed by atoms with Gasteiger partial charge in [-0.1, -0.05) is 48.5 Å². The van der Waals surface area contributed by atoms with Gasteiger partial charge in [-0.05, 0) is 67.1 Å². The maximum Gasteiger partial charge on any atom is 0.345 e. The van der Waals surface area contributed by atoms with Crippen molar-refractivity contribution in [1.29, 1.82) is 0 Å². The third kappa shape index (κ3) is 3.75.